The second-order valence-electron chi connectivity index (χ2n) is 3.80. The molecule has 0 bridgehead atoms. The number of nitrogen functional groups attached to an aromatic ring is 1. The van der Waals surface area contributed by atoms with Crippen LogP contribution in [0.25, 0.3) is 22.2 Å². The number of fused-ring (bicyclic) bond motifs is 1. The number of nitrogens with zero attached hydrogens (tertiary/aromatic N) is 1. The summed E-state index contributed by atoms with van der Waals surface area (Å²) in [5.74, 6) is 0.247. The topological polar surface area (TPSA) is 52.0 Å². The Balaban J connectivity index is 2.23. The zero-order valence-corrected chi connectivity index (χ0v) is 8.85. The van der Waals surface area contributed by atoms with E-state index in [0.29, 0.717) is 22.4 Å². The Labute approximate surface area is 96.6 Å². The van der Waals surface area contributed by atoms with Crippen LogP contribution in [0.5, 0.6) is 0 Å². The summed E-state index contributed by atoms with van der Waals surface area (Å²) in [5, 5.41) is 4.55. The van der Waals surface area contributed by atoms with Crippen molar-refractivity contribution in [1.29, 1.82) is 0 Å². The molecule has 0 aliphatic heterocycles. The molecule has 17 heavy (non-hydrogen) atoms. The molecule has 0 radical (unpaired) electrons. The summed E-state index contributed by atoms with van der Waals surface area (Å²) in [5.41, 5.74) is 7.74. The third kappa shape index (κ3) is 1.63. The Morgan fingerprint density at radius 3 is 2.59 bits per heavy atom. The second-order valence-corrected chi connectivity index (χ2v) is 3.80. The maximum Gasteiger partial charge on any atom is 0.174 e. The average Bonchev–Trinajstić information content (AvgIpc) is 2.73. The van der Waals surface area contributed by atoms with E-state index in [1.807, 2.05) is 12.1 Å². The van der Waals surface area contributed by atoms with Crippen LogP contribution < -0.4 is 5.73 Å². The van der Waals surface area contributed by atoms with Gasteiger partial charge in [0.2, 0.25) is 0 Å². The Morgan fingerprint density at radius 2 is 1.82 bits per heavy atom. The summed E-state index contributed by atoms with van der Waals surface area (Å²) in [6.45, 7) is 0. The summed E-state index contributed by atoms with van der Waals surface area (Å²) in [7, 11) is 0. The van der Waals surface area contributed by atoms with E-state index >= 15 is 0 Å². The molecule has 0 aliphatic rings. The molecule has 0 saturated heterocycles. The molecule has 2 N–H and O–H groups in total. The van der Waals surface area contributed by atoms with Crippen LogP contribution in [0.3, 0.4) is 0 Å². The van der Waals surface area contributed by atoms with Crippen molar-refractivity contribution in [2.24, 2.45) is 0 Å². The normalized spacial score (nSPS) is 10.9. The molecule has 3 nitrogen and oxygen atoms in total. The Bertz CT molecular complexity index is 673. The van der Waals surface area contributed by atoms with Crippen molar-refractivity contribution in [2.75, 3.05) is 5.73 Å². The van der Waals surface area contributed by atoms with Crippen LogP contribution in [0, 0.1) is 5.82 Å². The van der Waals surface area contributed by atoms with Gasteiger partial charge in [-0.15, -0.1) is 0 Å². The minimum absolute atomic E-state index is 0.308. The van der Waals surface area contributed by atoms with Crippen LogP contribution in [-0.4, -0.2) is 5.16 Å². The molecule has 1 aromatic heterocycles. The van der Waals surface area contributed by atoms with Crippen LogP contribution in [-0.2, 0) is 0 Å². The van der Waals surface area contributed by atoms with E-state index in [0.717, 1.165) is 5.56 Å². The molecule has 0 aliphatic carbocycles. The van der Waals surface area contributed by atoms with Gasteiger partial charge in [0.15, 0.2) is 5.76 Å². The molecule has 4 heteroatoms. The highest BCUT2D eigenvalue weighted by molar-refractivity contribution is 5.91. The van der Waals surface area contributed by atoms with Crippen LogP contribution in [0.2, 0.25) is 0 Å². The predicted octanol–water partition coefficient (Wildman–Crippen LogP) is 3.22. The standard InChI is InChI=1S/C13H9FN2O/c14-9-3-6-12-11(7-9)13(17-16-12)8-1-4-10(15)5-2-8/h1-7H,15H2. The summed E-state index contributed by atoms with van der Waals surface area (Å²) in [6, 6.07) is 11.5. The van der Waals surface area contributed by atoms with Crippen LogP contribution in [0.15, 0.2) is 47.0 Å². The van der Waals surface area contributed by atoms with Crippen molar-refractivity contribution in [1.82, 2.24) is 5.16 Å². The lowest BCUT2D eigenvalue weighted by molar-refractivity contribution is 0.441. The van der Waals surface area contributed by atoms with Gasteiger partial charge in [0, 0.05) is 11.3 Å². The molecule has 0 unspecified atom stereocenters. The fourth-order valence-electron chi connectivity index (χ4n) is 1.76. The third-order valence-corrected chi connectivity index (χ3v) is 2.61. The smallest absolute Gasteiger partial charge is 0.174 e. The molecule has 0 atom stereocenters. The molecule has 2 aromatic carbocycles. The van der Waals surface area contributed by atoms with Crippen LogP contribution in [0.4, 0.5) is 10.1 Å². The minimum Gasteiger partial charge on any atom is -0.399 e. The molecule has 0 spiro atoms. The highest BCUT2D eigenvalue weighted by Crippen LogP contribution is 2.29. The maximum absolute atomic E-state index is 13.2. The number of benzene rings is 2. The molecule has 3 aromatic rings. The first-order valence-corrected chi connectivity index (χ1v) is 5.15. The zero-order valence-electron chi connectivity index (χ0n) is 8.85. The molecular weight excluding hydrogens is 219 g/mol. The monoisotopic (exact) mass is 228 g/mol. The van der Waals surface area contributed by atoms with Gasteiger partial charge in [-0.2, -0.15) is 0 Å². The van der Waals surface area contributed by atoms with E-state index < -0.39 is 0 Å². The predicted molar refractivity (Wildman–Crippen MR) is 63.8 cm³/mol. The first kappa shape index (κ1) is 9.84. The molecule has 3 rings (SSSR count). The summed E-state index contributed by atoms with van der Waals surface area (Å²) in [6.07, 6.45) is 0. The Morgan fingerprint density at radius 1 is 1.06 bits per heavy atom. The summed E-state index contributed by atoms with van der Waals surface area (Å²) in [4.78, 5) is 0. The van der Waals surface area contributed by atoms with Crippen molar-refractivity contribution < 1.29 is 8.91 Å². The van der Waals surface area contributed by atoms with E-state index in [2.05, 4.69) is 5.16 Å². The average molecular weight is 228 g/mol. The lowest BCUT2D eigenvalue weighted by atomic mass is 10.1. The third-order valence-electron chi connectivity index (χ3n) is 2.61. The number of aromatic nitrogens is 1. The van der Waals surface area contributed by atoms with Gasteiger partial charge in [0.05, 0.1) is 5.39 Å². The van der Waals surface area contributed by atoms with Gasteiger partial charge in [-0.25, -0.2) is 4.39 Å². The van der Waals surface area contributed by atoms with Gasteiger partial charge in [-0.1, -0.05) is 5.16 Å². The van der Waals surface area contributed by atoms with Crippen LogP contribution >= 0.6 is 0 Å². The van der Waals surface area contributed by atoms with Crippen molar-refractivity contribution in [3.8, 4) is 11.3 Å². The van der Waals surface area contributed by atoms with E-state index in [-0.39, 0.29) is 5.82 Å². The number of hydrogen-bond donors (Lipinski definition) is 1. The van der Waals surface area contributed by atoms with Gasteiger partial charge in [-0.05, 0) is 42.5 Å². The number of nitrogens with two attached hydrogens (primary N) is 1. The Hall–Kier alpha value is -2.36. The quantitative estimate of drug-likeness (QED) is 0.650. The molecule has 0 fully saturated rings. The minimum atomic E-state index is -0.308. The fourth-order valence-corrected chi connectivity index (χ4v) is 1.76. The number of hydrogen-bond acceptors (Lipinski definition) is 3. The number of rotatable bonds is 1. The first-order chi connectivity index (χ1) is 8.24. The maximum atomic E-state index is 13.2. The van der Waals surface area contributed by atoms with Crippen LogP contribution in [0.1, 0.15) is 0 Å². The molecule has 0 saturated carbocycles. The highest BCUT2D eigenvalue weighted by atomic mass is 19.1. The highest BCUT2D eigenvalue weighted by Gasteiger charge is 2.11. The van der Waals surface area contributed by atoms with Crippen molar-refractivity contribution in [2.45, 2.75) is 0 Å². The first-order valence-electron chi connectivity index (χ1n) is 5.15. The SMILES string of the molecule is Nc1ccc(-c2onc3ccc(F)cc23)cc1. The van der Waals surface area contributed by atoms with E-state index in [1.165, 1.54) is 12.1 Å². The van der Waals surface area contributed by atoms with Gasteiger partial charge in [0.25, 0.3) is 0 Å². The van der Waals surface area contributed by atoms with Crippen molar-refractivity contribution in [3.05, 3.63) is 48.3 Å². The van der Waals surface area contributed by atoms with E-state index in [1.54, 1.807) is 18.2 Å². The van der Waals surface area contributed by atoms with Crippen molar-refractivity contribution >= 4 is 16.6 Å². The van der Waals surface area contributed by atoms with Gasteiger partial charge in [0.1, 0.15) is 11.3 Å². The summed E-state index contributed by atoms with van der Waals surface area (Å²) >= 11 is 0. The largest absolute Gasteiger partial charge is 0.399 e. The molecule has 84 valence electrons. The van der Waals surface area contributed by atoms with E-state index in [9.17, 15) is 4.39 Å². The number of anilines is 1. The second kappa shape index (κ2) is 3.59. The van der Waals surface area contributed by atoms with Gasteiger partial charge >= 0.3 is 0 Å². The summed E-state index contributed by atoms with van der Waals surface area (Å²) < 4.78 is 18.4. The molecule has 1 heterocycles. The van der Waals surface area contributed by atoms with Gasteiger partial charge < -0.3 is 10.3 Å². The van der Waals surface area contributed by atoms with Gasteiger partial charge in [-0.3, -0.25) is 0 Å². The molecule has 0 amide bonds. The fraction of sp³-hybridized carbons (Fsp3) is 0. The zero-order chi connectivity index (χ0) is 11.8. The lowest BCUT2D eigenvalue weighted by Gasteiger charge is -1.97. The number of halogens is 1. The lowest BCUT2D eigenvalue weighted by Crippen LogP contribution is -1.83. The van der Waals surface area contributed by atoms with Crippen molar-refractivity contribution in [3.63, 3.8) is 0 Å². The Kier molecular flexibility index (Phi) is 2.08. The molecular formula is C13H9FN2O. The van der Waals surface area contributed by atoms with E-state index in [4.69, 9.17) is 10.3 Å².